The van der Waals surface area contributed by atoms with Crippen molar-refractivity contribution >= 4 is 22.0 Å². The third-order valence-corrected chi connectivity index (χ3v) is 11.1. The lowest BCUT2D eigenvalue weighted by atomic mass is 9.79. The average Bonchev–Trinajstić information content (AvgIpc) is 3.42. The number of ether oxygens (including phenoxy) is 1. The predicted octanol–water partition coefficient (Wildman–Crippen LogP) is 2.15. The minimum atomic E-state index is -3.54. The molecule has 0 aromatic heterocycles. The van der Waals surface area contributed by atoms with Gasteiger partial charge in [-0.1, -0.05) is 6.42 Å². The van der Waals surface area contributed by atoms with E-state index in [9.17, 15) is 18.0 Å². The van der Waals surface area contributed by atoms with Crippen LogP contribution < -0.4 is 10.2 Å². The van der Waals surface area contributed by atoms with E-state index in [1.54, 1.807) is 7.11 Å². The SMILES string of the molecule is COC1CCCC(CN2C(=O)N(CC3CC(C)NO3)C(=O)C3CC(S(=O)(=O)NC4(C)CC4)CCC32)C1. The fourth-order valence-electron chi connectivity index (χ4n) is 6.64. The molecule has 0 aromatic carbocycles. The molecular formula is C25H42N4O6S. The Morgan fingerprint density at radius 3 is 2.56 bits per heavy atom. The van der Waals surface area contributed by atoms with Crippen LogP contribution >= 0.6 is 0 Å². The molecule has 2 aliphatic heterocycles. The second-order valence-electron chi connectivity index (χ2n) is 12.1. The van der Waals surface area contributed by atoms with Crippen LogP contribution in [-0.2, 0) is 24.4 Å². The number of fused-ring (bicyclic) bond motifs is 1. The molecule has 204 valence electrons. The van der Waals surface area contributed by atoms with Gasteiger partial charge in [-0.25, -0.2) is 17.9 Å². The zero-order valence-electron chi connectivity index (χ0n) is 21.8. The van der Waals surface area contributed by atoms with Crippen molar-refractivity contribution in [2.45, 2.75) is 113 Å². The minimum absolute atomic E-state index is 0.154. The second-order valence-corrected chi connectivity index (χ2v) is 14.0. The van der Waals surface area contributed by atoms with Crippen molar-refractivity contribution in [3.8, 4) is 0 Å². The second kappa shape index (κ2) is 10.1. The summed E-state index contributed by atoms with van der Waals surface area (Å²) in [6.07, 6.45) is 7.60. The molecule has 2 saturated heterocycles. The fourth-order valence-corrected chi connectivity index (χ4v) is 8.61. The lowest BCUT2D eigenvalue weighted by molar-refractivity contribution is -0.142. The van der Waals surface area contributed by atoms with Crippen LogP contribution in [0.5, 0.6) is 0 Å². The number of carbonyl (C=O) groups excluding carboxylic acids is 2. The highest BCUT2D eigenvalue weighted by Gasteiger charge is 2.53. The predicted molar refractivity (Wildman–Crippen MR) is 133 cm³/mol. The number of hydrogen-bond donors (Lipinski definition) is 2. The van der Waals surface area contributed by atoms with E-state index >= 15 is 0 Å². The van der Waals surface area contributed by atoms with Crippen LogP contribution in [0.25, 0.3) is 0 Å². The summed E-state index contributed by atoms with van der Waals surface area (Å²) in [6.45, 7) is 4.70. The first kappa shape index (κ1) is 26.3. The molecule has 0 aromatic rings. The van der Waals surface area contributed by atoms with Crippen LogP contribution in [0, 0.1) is 11.8 Å². The molecule has 3 saturated carbocycles. The van der Waals surface area contributed by atoms with Crippen molar-refractivity contribution in [3.05, 3.63) is 0 Å². The van der Waals surface area contributed by atoms with Gasteiger partial charge in [0.25, 0.3) is 0 Å². The summed E-state index contributed by atoms with van der Waals surface area (Å²) in [5.41, 5.74) is 2.58. The van der Waals surface area contributed by atoms with Crippen LogP contribution in [0.2, 0.25) is 0 Å². The Morgan fingerprint density at radius 2 is 1.89 bits per heavy atom. The Balaban J connectivity index is 1.36. The van der Waals surface area contributed by atoms with E-state index in [4.69, 9.17) is 9.57 Å². The van der Waals surface area contributed by atoms with Gasteiger partial charge in [0.15, 0.2) is 0 Å². The summed E-state index contributed by atoms with van der Waals surface area (Å²) in [4.78, 5) is 36.3. The maximum absolute atomic E-state index is 13.8. The Hall–Kier alpha value is -1.27. The van der Waals surface area contributed by atoms with Gasteiger partial charge in [-0.3, -0.25) is 14.5 Å². The van der Waals surface area contributed by atoms with E-state index in [0.717, 1.165) is 38.5 Å². The van der Waals surface area contributed by atoms with E-state index in [1.165, 1.54) is 4.90 Å². The summed E-state index contributed by atoms with van der Waals surface area (Å²) in [6, 6.07) is -0.358. The number of nitrogens with one attached hydrogen (secondary N) is 2. The van der Waals surface area contributed by atoms with Crippen molar-refractivity contribution in [2.75, 3.05) is 20.2 Å². The Bertz CT molecular complexity index is 956. The fraction of sp³-hybridized carbons (Fsp3) is 0.920. The number of amides is 3. The van der Waals surface area contributed by atoms with E-state index in [-0.39, 0.29) is 54.7 Å². The van der Waals surface area contributed by atoms with Gasteiger partial charge < -0.3 is 9.64 Å². The Kier molecular flexibility index (Phi) is 7.41. The first-order valence-corrected chi connectivity index (χ1v) is 15.2. The van der Waals surface area contributed by atoms with Gasteiger partial charge in [-0.2, -0.15) is 5.48 Å². The number of imide groups is 1. The number of nitrogens with zero attached hydrogens (tertiary/aromatic N) is 2. The molecule has 0 radical (unpaired) electrons. The van der Waals surface area contributed by atoms with Crippen LogP contribution in [0.1, 0.15) is 78.1 Å². The standard InChI is InChI=1S/C25H42N4O6S/c1-16-11-19(35-26-16)15-29-23(30)21-13-20(36(32,33)27-25(2)9-10-25)7-8-22(21)28(24(29)31)14-17-5-4-6-18(12-17)34-3/h16-22,26-27H,4-15H2,1-3H3. The number of hydrogen-bond acceptors (Lipinski definition) is 7. The van der Waals surface area contributed by atoms with Crippen LogP contribution in [-0.4, -0.2) is 85.4 Å². The van der Waals surface area contributed by atoms with Gasteiger partial charge in [-0.05, 0) is 77.6 Å². The minimum Gasteiger partial charge on any atom is -0.381 e. The number of methoxy groups -OCH3 is 1. The highest BCUT2D eigenvalue weighted by Crippen LogP contribution is 2.41. The third kappa shape index (κ3) is 5.45. The van der Waals surface area contributed by atoms with Crippen LogP contribution in [0.4, 0.5) is 4.79 Å². The van der Waals surface area contributed by atoms with Crippen LogP contribution in [0.3, 0.4) is 0 Å². The molecule has 7 unspecified atom stereocenters. The molecule has 5 rings (SSSR count). The van der Waals surface area contributed by atoms with Crippen molar-refractivity contribution < 1.29 is 27.6 Å². The van der Waals surface area contributed by atoms with Gasteiger partial charge in [0.1, 0.15) is 0 Å². The number of carbonyl (C=O) groups is 2. The van der Waals surface area contributed by atoms with Crippen LogP contribution in [0.15, 0.2) is 0 Å². The molecule has 0 bridgehead atoms. The van der Waals surface area contributed by atoms with E-state index in [0.29, 0.717) is 31.7 Å². The summed E-state index contributed by atoms with van der Waals surface area (Å²) in [7, 11) is -1.80. The van der Waals surface area contributed by atoms with Crippen molar-refractivity contribution in [3.63, 3.8) is 0 Å². The van der Waals surface area contributed by atoms with Gasteiger partial charge in [0.2, 0.25) is 15.9 Å². The highest BCUT2D eigenvalue weighted by molar-refractivity contribution is 7.90. The molecule has 3 amide bonds. The third-order valence-electron chi connectivity index (χ3n) is 9.01. The lowest BCUT2D eigenvalue weighted by Gasteiger charge is -2.49. The van der Waals surface area contributed by atoms with Gasteiger partial charge >= 0.3 is 6.03 Å². The number of urea groups is 1. The van der Waals surface area contributed by atoms with E-state index in [2.05, 4.69) is 10.2 Å². The summed E-state index contributed by atoms with van der Waals surface area (Å²) < 4.78 is 34.9. The monoisotopic (exact) mass is 526 g/mol. The molecule has 5 fully saturated rings. The maximum Gasteiger partial charge on any atom is 0.327 e. The highest BCUT2D eigenvalue weighted by atomic mass is 32.2. The van der Waals surface area contributed by atoms with Gasteiger partial charge in [0, 0.05) is 31.3 Å². The first-order chi connectivity index (χ1) is 17.1. The van der Waals surface area contributed by atoms with E-state index < -0.39 is 21.2 Å². The van der Waals surface area contributed by atoms with Crippen molar-refractivity contribution in [1.29, 1.82) is 0 Å². The number of hydroxylamine groups is 1. The molecule has 2 N–H and O–H groups in total. The lowest BCUT2D eigenvalue weighted by Crippen LogP contribution is -2.65. The molecule has 3 aliphatic carbocycles. The van der Waals surface area contributed by atoms with Crippen molar-refractivity contribution in [2.24, 2.45) is 11.8 Å². The van der Waals surface area contributed by atoms with Crippen molar-refractivity contribution in [1.82, 2.24) is 20.0 Å². The smallest absolute Gasteiger partial charge is 0.327 e. The summed E-state index contributed by atoms with van der Waals surface area (Å²) in [5.74, 6) is -0.454. The zero-order chi connectivity index (χ0) is 25.7. The summed E-state index contributed by atoms with van der Waals surface area (Å²) in [5, 5.41) is -0.617. The Labute approximate surface area is 214 Å². The first-order valence-electron chi connectivity index (χ1n) is 13.7. The molecular weight excluding hydrogens is 484 g/mol. The molecule has 36 heavy (non-hydrogen) atoms. The van der Waals surface area contributed by atoms with Gasteiger partial charge in [0.05, 0.1) is 29.9 Å². The van der Waals surface area contributed by atoms with Gasteiger partial charge in [-0.15, -0.1) is 0 Å². The quantitative estimate of drug-likeness (QED) is 0.498. The maximum atomic E-state index is 13.8. The molecule has 5 aliphatic rings. The largest absolute Gasteiger partial charge is 0.381 e. The topological polar surface area (TPSA) is 117 Å². The zero-order valence-corrected chi connectivity index (χ0v) is 22.6. The molecule has 2 heterocycles. The molecule has 10 nitrogen and oxygen atoms in total. The number of rotatable bonds is 8. The van der Waals surface area contributed by atoms with E-state index in [1.807, 2.05) is 18.7 Å². The number of sulfonamides is 1. The average molecular weight is 527 g/mol. The molecule has 11 heteroatoms. The normalized spacial score (nSPS) is 38.8. The summed E-state index contributed by atoms with van der Waals surface area (Å²) >= 11 is 0. The molecule has 7 atom stereocenters. The molecule has 0 spiro atoms. The Morgan fingerprint density at radius 1 is 1.11 bits per heavy atom.